The highest BCUT2D eigenvalue weighted by Gasteiger charge is 2.22. The first-order chi connectivity index (χ1) is 9.08. The Morgan fingerprint density at radius 3 is 3.00 bits per heavy atom. The molecule has 2 heterocycles. The van der Waals surface area contributed by atoms with Crippen LogP contribution >= 0.6 is 0 Å². The molecular weight excluding hydrogens is 248 g/mol. The average Bonchev–Trinajstić information content (AvgIpc) is 2.38. The van der Waals surface area contributed by atoms with Gasteiger partial charge in [0, 0.05) is 6.20 Å². The Balaban J connectivity index is 2.33. The lowest BCUT2D eigenvalue weighted by Gasteiger charge is -2.21. The minimum Gasteiger partial charge on any atom is -0.483 e. The zero-order chi connectivity index (χ0) is 13.6. The third kappa shape index (κ3) is 1.69. The molecule has 0 radical (unpaired) electrons. The van der Waals surface area contributed by atoms with Gasteiger partial charge in [-0.05, 0) is 24.6 Å². The number of carboxylic acid groups (broad SMARTS) is 1. The molecule has 0 saturated carbocycles. The summed E-state index contributed by atoms with van der Waals surface area (Å²) < 4.78 is 6.81. The van der Waals surface area contributed by atoms with E-state index in [0.29, 0.717) is 17.3 Å². The highest BCUT2D eigenvalue weighted by atomic mass is 16.5. The summed E-state index contributed by atoms with van der Waals surface area (Å²) in [4.78, 5) is 27.2. The average molecular weight is 258 g/mol. The van der Waals surface area contributed by atoms with Crippen LogP contribution in [0.15, 0.2) is 29.2 Å². The van der Waals surface area contributed by atoms with Crippen molar-refractivity contribution in [3.8, 4) is 11.4 Å². The number of carboxylic acids is 1. The molecule has 1 aliphatic heterocycles. The summed E-state index contributed by atoms with van der Waals surface area (Å²) in [6, 6.07) is 5.36. The van der Waals surface area contributed by atoms with Crippen molar-refractivity contribution in [2.45, 2.75) is 13.5 Å². The van der Waals surface area contributed by atoms with E-state index in [1.54, 1.807) is 12.1 Å². The van der Waals surface area contributed by atoms with Crippen molar-refractivity contribution in [1.29, 1.82) is 0 Å². The van der Waals surface area contributed by atoms with Crippen LogP contribution in [-0.2, 0) is 6.61 Å². The largest absolute Gasteiger partial charge is 0.483 e. The van der Waals surface area contributed by atoms with Crippen LogP contribution in [0.25, 0.3) is 5.69 Å². The number of carbonyl (C=O) groups is 1. The van der Waals surface area contributed by atoms with Crippen molar-refractivity contribution in [2.75, 3.05) is 0 Å². The van der Waals surface area contributed by atoms with Gasteiger partial charge < -0.3 is 9.84 Å². The number of fused-ring (bicyclic) bond motifs is 3. The summed E-state index contributed by atoms with van der Waals surface area (Å²) in [6.07, 6.45) is 1.07. The van der Waals surface area contributed by atoms with Crippen LogP contribution in [0.5, 0.6) is 5.75 Å². The molecule has 1 N–H and O–H groups in total. The molecule has 0 atom stereocenters. The maximum absolute atomic E-state index is 12.2. The maximum Gasteiger partial charge on any atom is 0.342 e. The van der Waals surface area contributed by atoms with Crippen molar-refractivity contribution >= 4 is 5.97 Å². The fourth-order valence-corrected chi connectivity index (χ4v) is 2.05. The smallest absolute Gasteiger partial charge is 0.342 e. The summed E-state index contributed by atoms with van der Waals surface area (Å²) in [6.45, 7) is 2.06. The Kier molecular flexibility index (Phi) is 2.38. The van der Waals surface area contributed by atoms with Crippen LogP contribution in [0.2, 0.25) is 0 Å². The molecule has 6 heteroatoms. The Hall–Kier alpha value is -2.63. The monoisotopic (exact) mass is 258 g/mol. The Morgan fingerprint density at radius 1 is 1.47 bits per heavy atom. The van der Waals surface area contributed by atoms with Crippen molar-refractivity contribution in [1.82, 2.24) is 9.55 Å². The number of aryl methyl sites for hydroxylation is 1. The van der Waals surface area contributed by atoms with E-state index in [0.717, 1.165) is 11.8 Å². The Labute approximate surface area is 107 Å². The van der Waals surface area contributed by atoms with E-state index in [1.807, 2.05) is 13.0 Å². The predicted octanol–water partition coefficient (Wildman–Crippen LogP) is 1.13. The minimum atomic E-state index is -1.28. The van der Waals surface area contributed by atoms with Crippen LogP contribution < -0.4 is 10.3 Å². The molecular formula is C13H10N2O4. The van der Waals surface area contributed by atoms with Gasteiger partial charge in [-0.3, -0.25) is 9.36 Å². The first kappa shape index (κ1) is 11.5. The second-order valence-corrected chi connectivity index (χ2v) is 4.29. The molecule has 2 aromatic rings. The summed E-state index contributed by atoms with van der Waals surface area (Å²) >= 11 is 0. The summed E-state index contributed by atoms with van der Waals surface area (Å²) in [5.41, 5.74) is 0.577. The zero-order valence-corrected chi connectivity index (χ0v) is 10.1. The molecule has 96 valence electrons. The highest BCUT2D eigenvalue weighted by molar-refractivity contribution is 5.86. The Morgan fingerprint density at radius 2 is 2.26 bits per heavy atom. The van der Waals surface area contributed by atoms with E-state index < -0.39 is 11.5 Å². The van der Waals surface area contributed by atoms with Crippen LogP contribution in [-0.4, -0.2) is 20.6 Å². The molecule has 0 unspecified atom stereocenters. The lowest BCUT2D eigenvalue weighted by atomic mass is 10.2. The third-order valence-corrected chi connectivity index (χ3v) is 2.98. The molecule has 0 spiro atoms. The van der Waals surface area contributed by atoms with Crippen molar-refractivity contribution in [2.24, 2.45) is 0 Å². The maximum atomic E-state index is 12.2. The number of aromatic carboxylic acids is 1. The van der Waals surface area contributed by atoms with Crippen LogP contribution in [0.4, 0.5) is 0 Å². The van der Waals surface area contributed by atoms with E-state index in [1.165, 1.54) is 4.57 Å². The molecule has 0 aliphatic carbocycles. The van der Waals surface area contributed by atoms with E-state index >= 15 is 0 Å². The fraction of sp³-hybridized carbons (Fsp3) is 0.154. The van der Waals surface area contributed by atoms with Crippen LogP contribution in [0.3, 0.4) is 0 Å². The number of rotatable bonds is 1. The van der Waals surface area contributed by atoms with E-state index in [2.05, 4.69) is 4.98 Å². The van der Waals surface area contributed by atoms with Crippen LogP contribution in [0, 0.1) is 6.92 Å². The quantitative estimate of drug-likeness (QED) is 0.829. The number of hydrogen-bond donors (Lipinski definition) is 1. The fourth-order valence-electron chi connectivity index (χ4n) is 2.05. The standard InChI is InChI=1S/C13H10N2O4/c1-7-2-3-9-10(4-7)19-6-11-14-5-8(13(17)18)12(16)15(9)11/h2-5H,6H2,1H3,(H,17,18). The molecule has 1 aliphatic rings. The number of hydrogen-bond acceptors (Lipinski definition) is 4. The topological polar surface area (TPSA) is 81.4 Å². The van der Waals surface area contributed by atoms with Gasteiger partial charge in [-0.15, -0.1) is 0 Å². The van der Waals surface area contributed by atoms with Gasteiger partial charge in [0.2, 0.25) is 0 Å². The molecule has 0 amide bonds. The predicted molar refractivity (Wildman–Crippen MR) is 65.9 cm³/mol. The number of aromatic nitrogens is 2. The lowest BCUT2D eigenvalue weighted by molar-refractivity contribution is 0.0693. The van der Waals surface area contributed by atoms with E-state index in [-0.39, 0.29) is 12.2 Å². The normalized spacial score (nSPS) is 12.3. The zero-order valence-electron chi connectivity index (χ0n) is 10.1. The summed E-state index contributed by atoms with van der Waals surface area (Å²) in [7, 11) is 0. The molecule has 19 heavy (non-hydrogen) atoms. The van der Waals surface area contributed by atoms with Crippen molar-refractivity contribution in [3.63, 3.8) is 0 Å². The first-order valence-corrected chi connectivity index (χ1v) is 5.66. The van der Waals surface area contributed by atoms with Gasteiger partial charge in [-0.25, -0.2) is 9.78 Å². The summed E-state index contributed by atoms with van der Waals surface area (Å²) in [5.74, 6) is -0.335. The van der Waals surface area contributed by atoms with Gasteiger partial charge >= 0.3 is 5.97 Å². The molecule has 0 saturated heterocycles. The van der Waals surface area contributed by atoms with Gasteiger partial charge in [0.1, 0.15) is 17.9 Å². The molecule has 6 nitrogen and oxygen atoms in total. The van der Waals surface area contributed by atoms with Gasteiger partial charge in [0.25, 0.3) is 5.56 Å². The van der Waals surface area contributed by atoms with Gasteiger partial charge in [0.05, 0.1) is 5.69 Å². The van der Waals surface area contributed by atoms with Crippen LogP contribution in [0.1, 0.15) is 21.7 Å². The summed E-state index contributed by atoms with van der Waals surface area (Å²) in [5, 5.41) is 8.97. The van der Waals surface area contributed by atoms with E-state index in [4.69, 9.17) is 9.84 Å². The molecule has 1 aromatic heterocycles. The second kappa shape index (κ2) is 3.94. The molecule has 0 bridgehead atoms. The Bertz CT molecular complexity index is 749. The van der Waals surface area contributed by atoms with Crippen molar-refractivity contribution < 1.29 is 14.6 Å². The SMILES string of the molecule is Cc1ccc2c(c1)OCc1ncc(C(=O)O)c(=O)n1-2. The molecule has 3 rings (SSSR count). The van der Waals surface area contributed by atoms with Crippen molar-refractivity contribution in [3.05, 3.63) is 51.7 Å². The number of benzene rings is 1. The minimum absolute atomic E-state index is 0.144. The number of nitrogens with zero attached hydrogens (tertiary/aromatic N) is 2. The number of ether oxygens (including phenoxy) is 1. The molecule has 1 aromatic carbocycles. The van der Waals surface area contributed by atoms with Gasteiger partial charge in [-0.2, -0.15) is 0 Å². The molecule has 0 fully saturated rings. The van der Waals surface area contributed by atoms with Gasteiger partial charge in [0.15, 0.2) is 5.82 Å². The third-order valence-electron chi connectivity index (χ3n) is 2.98. The first-order valence-electron chi connectivity index (χ1n) is 5.66. The van der Waals surface area contributed by atoms with Gasteiger partial charge in [-0.1, -0.05) is 6.07 Å². The highest BCUT2D eigenvalue weighted by Crippen LogP contribution is 2.28. The second-order valence-electron chi connectivity index (χ2n) is 4.29. The van der Waals surface area contributed by atoms with E-state index in [9.17, 15) is 9.59 Å². The lowest BCUT2D eigenvalue weighted by Crippen LogP contribution is -2.32.